The van der Waals surface area contributed by atoms with Crippen molar-refractivity contribution in [2.24, 2.45) is 5.73 Å². The quantitative estimate of drug-likeness (QED) is 0.871. The van der Waals surface area contributed by atoms with Crippen molar-refractivity contribution < 1.29 is 19.4 Å². The number of amides is 1. The van der Waals surface area contributed by atoms with E-state index in [0.717, 1.165) is 0 Å². The number of rotatable bonds is 5. The lowest BCUT2D eigenvalue weighted by Gasteiger charge is -2.11. The number of nitrogens with two attached hydrogens (primary N) is 1. The highest BCUT2D eigenvalue weighted by atomic mass is 16.5. The predicted molar refractivity (Wildman–Crippen MR) is 72.7 cm³/mol. The van der Waals surface area contributed by atoms with Crippen molar-refractivity contribution in [1.82, 2.24) is 0 Å². The summed E-state index contributed by atoms with van der Waals surface area (Å²) in [6, 6.07) is 13.1. The van der Waals surface area contributed by atoms with Gasteiger partial charge in [-0.15, -0.1) is 0 Å². The van der Waals surface area contributed by atoms with Crippen molar-refractivity contribution >= 4 is 11.9 Å². The molecule has 0 saturated carbocycles. The van der Waals surface area contributed by atoms with Crippen LogP contribution in [0.1, 0.15) is 26.3 Å². The van der Waals surface area contributed by atoms with E-state index in [0.29, 0.717) is 11.3 Å². The summed E-state index contributed by atoms with van der Waals surface area (Å²) in [7, 11) is 0. The molecule has 1 amide bonds. The third-order valence-electron chi connectivity index (χ3n) is 2.78. The Labute approximate surface area is 115 Å². The summed E-state index contributed by atoms with van der Waals surface area (Å²) in [5.41, 5.74) is 6.21. The van der Waals surface area contributed by atoms with Crippen molar-refractivity contribution in [3.05, 3.63) is 65.2 Å². The Morgan fingerprint density at radius 3 is 2.25 bits per heavy atom. The zero-order chi connectivity index (χ0) is 14.5. The first-order valence-electron chi connectivity index (χ1n) is 5.92. The lowest BCUT2D eigenvalue weighted by molar-refractivity contribution is 0.0693. The molecule has 0 unspecified atom stereocenters. The van der Waals surface area contributed by atoms with E-state index in [4.69, 9.17) is 15.6 Å². The Morgan fingerprint density at radius 2 is 1.60 bits per heavy atom. The number of carboxylic acids is 1. The van der Waals surface area contributed by atoms with Crippen molar-refractivity contribution in [2.75, 3.05) is 0 Å². The normalized spacial score (nSPS) is 10.0. The Hall–Kier alpha value is -2.82. The second-order valence-corrected chi connectivity index (χ2v) is 4.11. The summed E-state index contributed by atoms with van der Waals surface area (Å²) in [5.74, 6) is -1.28. The minimum absolute atomic E-state index is 0.0484. The minimum Gasteiger partial charge on any atom is -0.488 e. The highest BCUT2D eigenvalue weighted by Crippen LogP contribution is 2.19. The second-order valence-electron chi connectivity index (χ2n) is 4.11. The second kappa shape index (κ2) is 5.88. The van der Waals surface area contributed by atoms with Crippen LogP contribution in [0.5, 0.6) is 5.75 Å². The summed E-state index contributed by atoms with van der Waals surface area (Å²) < 4.78 is 5.51. The third-order valence-corrected chi connectivity index (χ3v) is 2.78. The molecule has 2 aromatic rings. The van der Waals surface area contributed by atoms with E-state index in [2.05, 4.69) is 0 Å². The SMILES string of the molecule is NC(=O)c1ccccc1OCc1ccccc1C(=O)O. The molecule has 102 valence electrons. The first kappa shape index (κ1) is 13.6. The standard InChI is InChI=1S/C15H13NO4/c16-14(17)12-7-3-4-8-13(12)20-9-10-5-1-2-6-11(10)15(18)19/h1-8H,9H2,(H2,16,17)(H,18,19). The number of carbonyl (C=O) groups excluding carboxylic acids is 1. The van der Waals surface area contributed by atoms with Crippen molar-refractivity contribution in [3.8, 4) is 5.75 Å². The van der Waals surface area contributed by atoms with Gasteiger partial charge in [-0.25, -0.2) is 4.79 Å². The number of carboxylic acid groups (broad SMARTS) is 1. The molecular formula is C15H13NO4. The monoisotopic (exact) mass is 271 g/mol. The highest BCUT2D eigenvalue weighted by Gasteiger charge is 2.12. The molecule has 0 aromatic heterocycles. The minimum atomic E-state index is -1.02. The van der Waals surface area contributed by atoms with E-state index in [1.165, 1.54) is 6.07 Å². The number of carbonyl (C=O) groups is 2. The smallest absolute Gasteiger partial charge is 0.336 e. The zero-order valence-electron chi connectivity index (χ0n) is 10.6. The number of primary amides is 1. The van der Waals surface area contributed by atoms with Gasteiger partial charge in [0.15, 0.2) is 0 Å². The summed E-state index contributed by atoms with van der Waals surface area (Å²) in [6.07, 6.45) is 0. The van der Waals surface area contributed by atoms with E-state index in [9.17, 15) is 9.59 Å². The summed E-state index contributed by atoms with van der Waals surface area (Å²) in [6.45, 7) is 0.0484. The maximum absolute atomic E-state index is 11.3. The maximum atomic E-state index is 11.3. The van der Waals surface area contributed by atoms with E-state index < -0.39 is 11.9 Å². The number of aromatic carboxylic acids is 1. The molecule has 5 nitrogen and oxygen atoms in total. The fraction of sp³-hybridized carbons (Fsp3) is 0.0667. The molecule has 0 spiro atoms. The molecule has 0 atom stereocenters. The van der Waals surface area contributed by atoms with E-state index in [-0.39, 0.29) is 17.7 Å². The van der Waals surface area contributed by atoms with Gasteiger partial charge in [0.1, 0.15) is 12.4 Å². The topological polar surface area (TPSA) is 89.6 Å². The van der Waals surface area contributed by atoms with Gasteiger partial charge in [-0.3, -0.25) is 4.79 Å². The molecule has 0 saturated heterocycles. The molecule has 0 bridgehead atoms. The molecule has 0 fully saturated rings. The van der Waals surface area contributed by atoms with Crippen molar-refractivity contribution in [2.45, 2.75) is 6.61 Å². The predicted octanol–water partition coefficient (Wildman–Crippen LogP) is 2.06. The van der Waals surface area contributed by atoms with Crippen molar-refractivity contribution in [1.29, 1.82) is 0 Å². The van der Waals surface area contributed by atoms with Gasteiger partial charge >= 0.3 is 5.97 Å². The number of ether oxygens (including phenoxy) is 1. The highest BCUT2D eigenvalue weighted by molar-refractivity contribution is 5.95. The zero-order valence-corrected chi connectivity index (χ0v) is 10.6. The van der Waals surface area contributed by atoms with Gasteiger partial charge in [0.25, 0.3) is 5.91 Å². The molecule has 2 aromatic carbocycles. The lowest BCUT2D eigenvalue weighted by atomic mass is 10.1. The molecule has 0 radical (unpaired) electrons. The van der Waals surface area contributed by atoms with E-state index in [1.807, 2.05) is 0 Å². The van der Waals surface area contributed by atoms with Gasteiger partial charge in [0.05, 0.1) is 11.1 Å². The Balaban J connectivity index is 2.22. The van der Waals surface area contributed by atoms with E-state index in [1.54, 1.807) is 42.5 Å². The van der Waals surface area contributed by atoms with Crippen LogP contribution in [0.3, 0.4) is 0 Å². The number of hydrogen-bond donors (Lipinski definition) is 2. The van der Waals surface area contributed by atoms with Gasteiger partial charge < -0.3 is 15.6 Å². The molecule has 0 aliphatic heterocycles. The summed E-state index contributed by atoms with van der Waals surface area (Å²) >= 11 is 0. The first-order valence-corrected chi connectivity index (χ1v) is 5.92. The number of para-hydroxylation sites is 1. The van der Waals surface area contributed by atoms with Crippen LogP contribution in [-0.2, 0) is 6.61 Å². The van der Waals surface area contributed by atoms with Gasteiger partial charge in [0, 0.05) is 5.56 Å². The van der Waals surface area contributed by atoms with Crippen LogP contribution in [-0.4, -0.2) is 17.0 Å². The number of hydrogen-bond acceptors (Lipinski definition) is 3. The average molecular weight is 271 g/mol. The molecule has 5 heteroatoms. The van der Waals surface area contributed by atoms with Gasteiger partial charge in [0.2, 0.25) is 0 Å². The van der Waals surface area contributed by atoms with Crippen LogP contribution in [0.4, 0.5) is 0 Å². The largest absolute Gasteiger partial charge is 0.488 e. The summed E-state index contributed by atoms with van der Waals surface area (Å²) in [5, 5.41) is 9.08. The average Bonchev–Trinajstić information content (AvgIpc) is 2.45. The fourth-order valence-corrected chi connectivity index (χ4v) is 1.81. The number of benzene rings is 2. The molecule has 3 N–H and O–H groups in total. The van der Waals surface area contributed by atoms with Crippen LogP contribution >= 0.6 is 0 Å². The summed E-state index contributed by atoms with van der Waals surface area (Å²) in [4.78, 5) is 22.3. The third kappa shape index (κ3) is 2.95. The van der Waals surface area contributed by atoms with Crippen LogP contribution in [0.15, 0.2) is 48.5 Å². The molecule has 2 rings (SSSR count). The molecule has 20 heavy (non-hydrogen) atoms. The van der Waals surface area contributed by atoms with Gasteiger partial charge in [-0.2, -0.15) is 0 Å². The van der Waals surface area contributed by atoms with Crippen molar-refractivity contribution in [3.63, 3.8) is 0 Å². The van der Waals surface area contributed by atoms with Gasteiger partial charge in [-0.1, -0.05) is 30.3 Å². The Bertz CT molecular complexity index is 594. The molecule has 0 aliphatic rings. The molecular weight excluding hydrogens is 258 g/mol. The Morgan fingerprint density at radius 1 is 1.00 bits per heavy atom. The lowest BCUT2D eigenvalue weighted by Crippen LogP contribution is -2.13. The van der Waals surface area contributed by atoms with Crippen LogP contribution in [0, 0.1) is 0 Å². The Kier molecular flexibility index (Phi) is 4.00. The molecule has 0 heterocycles. The van der Waals surface area contributed by atoms with Crippen LogP contribution in [0.25, 0.3) is 0 Å². The molecule has 0 aliphatic carbocycles. The van der Waals surface area contributed by atoms with E-state index >= 15 is 0 Å². The maximum Gasteiger partial charge on any atom is 0.336 e. The van der Waals surface area contributed by atoms with Gasteiger partial charge in [-0.05, 0) is 18.2 Å². The first-order chi connectivity index (χ1) is 9.59. The fourth-order valence-electron chi connectivity index (χ4n) is 1.81. The van der Waals surface area contributed by atoms with Crippen LogP contribution < -0.4 is 10.5 Å². The van der Waals surface area contributed by atoms with Crippen LogP contribution in [0.2, 0.25) is 0 Å².